The molecule has 2 heterocycles. The fraction of sp³-hybridized carbons (Fsp3) is 0.182. The zero-order chi connectivity index (χ0) is 12.3. The number of rotatable bonds is 3. The van der Waals surface area contributed by atoms with Crippen LogP contribution in [0.25, 0.3) is 0 Å². The Morgan fingerprint density at radius 3 is 2.71 bits per heavy atom. The molecule has 2 aromatic rings. The molecule has 0 unspecified atom stereocenters. The van der Waals surface area contributed by atoms with Gasteiger partial charge in [-0.05, 0) is 34.5 Å². The fourth-order valence-corrected chi connectivity index (χ4v) is 1.95. The molecule has 0 bridgehead atoms. The largest absolute Gasteiger partial charge is 0.433 e. The molecular weight excluding hydrogens is 249 g/mol. The van der Waals surface area contributed by atoms with Gasteiger partial charge in [-0.2, -0.15) is 24.5 Å². The maximum atomic E-state index is 12.4. The first kappa shape index (κ1) is 11.9. The second-order valence-corrected chi connectivity index (χ2v) is 4.17. The molecule has 1 N–H and O–H groups in total. The Labute approximate surface area is 100 Å². The van der Waals surface area contributed by atoms with Gasteiger partial charge in [0.2, 0.25) is 0 Å². The first-order chi connectivity index (χ1) is 8.05. The third kappa shape index (κ3) is 3.20. The Morgan fingerprint density at radius 2 is 2.06 bits per heavy atom. The molecular formula is C11H9F3N2S. The van der Waals surface area contributed by atoms with E-state index in [0.29, 0.717) is 6.54 Å². The minimum atomic E-state index is -4.40. The van der Waals surface area contributed by atoms with Crippen molar-refractivity contribution < 1.29 is 13.2 Å². The van der Waals surface area contributed by atoms with Gasteiger partial charge in [-0.3, -0.25) is 0 Å². The summed E-state index contributed by atoms with van der Waals surface area (Å²) in [6, 6.07) is 5.72. The molecule has 0 aromatic carbocycles. The fourth-order valence-electron chi connectivity index (χ4n) is 1.28. The van der Waals surface area contributed by atoms with E-state index < -0.39 is 11.9 Å². The number of aromatic nitrogens is 1. The van der Waals surface area contributed by atoms with Crippen LogP contribution in [0.1, 0.15) is 11.3 Å². The van der Waals surface area contributed by atoms with Crippen molar-refractivity contribution in [1.82, 2.24) is 4.98 Å². The first-order valence-corrected chi connectivity index (χ1v) is 5.79. The Hall–Kier alpha value is -1.56. The molecule has 0 amide bonds. The monoisotopic (exact) mass is 258 g/mol. The molecule has 0 radical (unpaired) electrons. The Morgan fingerprint density at radius 1 is 1.24 bits per heavy atom. The van der Waals surface area contributed by atoms with Crippen molar-refractivity contribution in [2.75, 3.05) is 5.32 Å². The lowest BCUT2D eigenvalue weighted by Crippen LogP contribution is -2.09. The van der Waals surface area contributed by atoms with Gasteiger partial charge in [-0.15, -0.1) is 0 Å². The van der Waals surface area contributed by atoms with Gasteiger partial charge >= 0.3 is 6.18 Å². The van der Waals surface area contributed by atoms with Crippen LogP contribution in [0.4, 0.5) is 19.0 Å². The Bertz CT molecular complexity index is 480. The van der Waals surface area contributed by atoms with E-state index in [0.717, 1.165) is 11.6 Å². The molecule has 6 heteroatoms. The van der Waals surface area contributed by atoms with Gasteiger partial charge in [-0.1, -0.05) is 6.07 Å². The molecule has 0 fully saturated rings. The number of thiophene rings is 1. The van der Waals surface area contributed by atoms with Crippen molar-refractivity contribution >= 4 is 17.2 Å². The molecule has 0 saturated carbocycles. The van der Waals surface area contributed by atoms with Crippen LogP contribution in [0.5, 0.6) is 0 Å². The predicted octanol–water partition coefficient (Wildman–Crippen LogP) is 3.77. The predicted molar refractivity (Wildman–Crippen MR) is 60.9 cm³/mol. The summed E-state index contributed by atoms with van der Waals surface area (Å²) in [6.07, 6.45) is -4.40. The van der Waals surface area contributed by atoms with Crippen molar-refractivity contribution in [3.05, 3.63) is 46.3 Å². The maximum absolute atomic E-state index is 12.4. The molecule has 0 atom stereocenters. The van der Waals surface area contributed by atoms with E-state index in [1.165, 1.54) is 12.1 Å². The molecule has 0 saturated heterocycles. The first-order valence-electron chi connectivity index (χ1n) is 4.85. The molecule has 2 aromatic heterocycles. The Kier molecular flexibility index (Phi) is 3.33. The number of nitrogens with one attached hydrogen (secondary N) is 1. The number of nitrogens with zero attached hydrogens (tertiary/aromatic N) is 1. The summed E-state index contributed by atoms with van der Waals surface area (Å²) in [6.45, 7) is 0.470. The van der Waals surface area contributed by atoms with E-state index >= 15 is 0 Å². The normalized spacial score (nSPS) is 11.5. The van der Waals surface area contributed by atoms with Crippen LogP contribution in [-0.2, 0) is 12.7 Å². The molecule has 0 aliphatic rings. The minimum absolute atomic E-state index is 0.228. The van der Waals surface area contributed by atoms with Crippen molar-refractivity contribution in [3.63, 3.8) is 0 Å². The number of halogens is 3. The zero-order valence-corrected chi connectivity index (χ0v) is 9.48. The Balaban J connectivity index is 2.07. The van der Waals surface area contributed by atoms with Crippen molar-refractivity contribution in [2.45, 2.75) is 12.7 Å². The topological polar surface area (TPSA) is 24.9 Å². The second-order valence-electron chi connectivity index (χ2n) is 3.39. The van der Waals surface area contributed by atoms with Gasteiger partial charge in [0, 0.05) is 6.54 Å². The van der Waals surface area contributed by atoms with Crippen LogP contribution < -0.4 is 5.32 Å². The second kappa shape index (κ2) is 4.75. The third-order valence-electron chi connectivity index (χ3n) is 2.09. The van der Waals surface area contributed by atoms with Crippen LogP contribution >= 0.6 is 11.3 Å². The summed E-state index contributed by atoms with van der Waals surface area (Å²) in [5, 5.41) is 6.70. The molecule has 2 nitrogen and oxygen atoms in total. The number of hydrogen-bond acceptors (Lipinski definition) is 3. The van der Waals surface area contributed by atoms with E-state index in [2.05, 4.69) is 10.3 Å². The average molecular weight is 258 g/mol. The number of anilines is 1. The number of alkyl halides is 3. The molecule has 17 heavy (non-hydrogen) atoms. The highest BCUT2D eigenvalue weighted by Gasteiger charge is 2.32. The standard InChI is InChI=1S/C11H9F3N2S/c12-11(13,14)9-2-1-3-10(16-9)15-6-8-4-5-17-7-8/h1-5,7H,6H2,(H,15,16). The highest BCUT2D eigenvalue weighted by molar-refractivity contribution is 7.07. The van der Waals surface area contributed by atoms with Crippen LogP contribution in [0.3, 0.4) is 0 Å². The van der Waals surface area contributed by atoms with Crippen LogP contribution in [-0.4, -0.2) is 4.98 Å². The molecule has 0 aliphatic heterocycles. The van der Waals surface area contributed by atoms with Crippen LogP contribution in [0.15, 0.2) is 35.0 Å². The number of hydrogen-bond donors (Lipinski definition) is 1. The summed E-state index contributed by atoms with van der Waals surface area (Å²) in [7, 11) is 0. The quantitative estimate of drug-likeness (QED) is 0.906. The van der Waals surface area contributed by atoms with Gasteiger partial charge in [0.25, 0.3) is 0 Å². The summed E-state index contributed by atoms with van der Waals surface area (Å²) >= 11 is 1.54. The minimum Gasteiger partial charge on any atom is -0.366 e. The lowest BCUT2D eigenvalue weighted by Gasteiger charge is -2.08. The van der Waals surface area contributed by atoms with Crippen molar-refractivity contribution in [1.29, 1.82) is 0 Å². The lowest BCUT2D eigenvalue weighted by molar-refractivity contribution is -0.141. The van der Waals surface area contributed by atoms with Crippen LogP contribution in [0, 0.1) is 0 Å². The van der Waals surface area contributed by atoms with Gasteiger partial charge in [0.05, 0.1) is 0 Å². The summed E-state index contributed by atoms with van der Waals surface area (Å²) in [4.78, 5) is 3.51. The van der Waals surface area contributed by atoms with E-state index in [9.17, 15) is 13.2 Å². The lowest BCUT2D eigenvalue weighted by atomic mass is 10.3. The van der Waals surface area contributed by atoms with Gasteiger partial charge in [-0.25, -0.2) is 4.98 Å². The third-order valence-corrected chi connectivity index (χ3v) is 2.83. The van der Waals surface area contributed by atoms with Crippen molar-refractivity contribution in [2.24, 2.45) is 0 Å². The smallest absolute Gasteiger partial charge is 0.366 e. The molecule has 2 rings (SSSR count). The highest BCUT2D eigenvalue weighted by atomic mass is 32.1. The van der Waals surface area contributed by atoms with Gasteiger partial charge < -0.3 is 5.32 Å². The summed E-state index contributed by atoms with van der Waals surface area (Å²) in [5.41, 5.74) is 0.141. The average Bonchev–Trinajstić information content (AvgIpc) is 2.78. The molecule has 0 spiro atoms. The van der Waals surface area contributed by atoms with Crippen molar-refractivity contribution in [3.8, 4) is 0 Å². The van der Waals surface area contributed by atoms with E-state index in [1.807, 2.05) is 16.8 Å². The summed E-state index contributed by atoms with van der Waals surface area (Å²) < 4.78 is 37.2. The molecule has 0 aliphatic carbocycles. The highest BCUT2D eigenvalue weighted by Crippen LogP contribution is 2.28. The SMILES string of the molecule is FC(F)(F)c1cccc(NCc2ccsc2)n1. The van der Waals surface area contributed by atoms with E-state index in [1.54, 1.807) is 11.3 Å². The van der Waals surface area contributed by atoms with Gasteiger partial charge in [0.1, 0.15) is 11.5 Å². The van der Waals surface area contributed by atoms with E-state index in [4.69, 9.17) is 0 Å². The molecule has 90 valence electrons. The maximum Gasteiger partial charge on any atom is 0.433 e. The van der Waals surface area contributed by atoms with E-state index in [-0.39, 0.29) is 5.82 Å². The zero-order valence-electron chi connectivity index (χ0n) is 8.66. The summed E-state index contributed by atoms with van der Waals surface area (Å²) in [5.74, 6) is 0.228. The van der Waals surface area contributed by atoms with Crippen LogP contribution in [0.2, 0.25) is 0 Å². The van der Waals surface area contributed by atoms with Gasteiger partial charge in [0.15, 0.2) is 0 Å². The number of pyridine rings is 1.